The highest BCUT2D eigenvalue weighted by Gasteiger charge is 2.31. The average molecular weight is 237 g/mol. The SMILES string of the molecule is CC(C)C(C#N)C(=O)N1CCC(C(N)=O)CC1. The maximum atomic E-state index is 12.0. The summed E-state index contributed by atoms with van der Waals surface area (Å²) in [5.74, 6) is -1.11. The van der Waals surface area contributed by atoms with E-state index in [1.807, 2.05) is 19.9 Å². The second-order valence-corrected chi connectivity index (χ2v) is 4.85. The molecule has 1 heterocycles. The van der Waals surface area contributed by atoms with Crippen LogP contribution in [0, 0.1) is 29.1 Å². The zero-order valence-corrected chi connectivity index (χ0v) is 10.3. The Balaban J connectivity index is 2.57. The number of nitrogens with two attached hydrogens (primary N) is 1. The van der Waals surface area contributed by atoms with Gasteiger partial charge in [0.1, 0.15) is 5.92 Å². The average Bonchev–Trinajstić information content (AvgIpc) is 2.29. The Hall–Kier alpha value is -1.57. The van der Waals surface area contributed by atoms with Crippen LogP contribution < -0.4 is 5.73 Å². The van der Waals surface area contributed by atoms with E-state index in [1.165, 1.54) is 0 Å². The van der Waals surface area contributed by atoms with Gasteiger partial charge in [0.25, 0.3) is 0 Å². The minimum Gasteiger partial charge on any atom is -0.369 e. The van der Waals surface area contributed by atoms with Crippen molar-refractivity contribution >= 4 is 11.8 Å². The topological polar surface area (TPSA) is 87.2 Å². The zero-order chi connectivity index (χ0) is 13.0. The quantitative estimate of drug-likeness (QED) is 0.775. The fourth-order valence-electron chi connectivity index (χ4n) is 2.07. The molecule has 0 bridgehead atoms. The van der Waals surface area contributed by atoms with Crippen LogP contribution >= 0.6 is 0 Å². The van der Waals surface area contributed by atoms with Gasteiger partial charge in [-0.25, -0.2) is 0 Å². The Labute approximate surface area is 102 Å². The highest BCUT2D eigenvalue weighted by Crippen LogP contribution is 2.20. The van der Waals surface area contributed by atoms with Gasteiger partial charge in [0.2, 0.25) is 11.8 Å². The number of carbonyl (C=O) groups is 2. The van der Waals surface area contributed by atoms with Crippen LogP contribution in [0.5, 0.6) is 0 Å². The third-order valence-corrected chi connectivity index (χ3v) is 3.28. The largest absolute Gasteiger partial charge is 0.369 e. The molecule has 0 aromatic carbocycles. The maximum absolute atomic E-state index is 12.0. The van der Waals surface area contributed by atoms with Crippen LogP contribution in [0.1, 0.15) is 26.7 Å². The van der Waals surface area contributed by atoms with E-state index in [9.17, 15) is 9.59 Å². The monoisotopic (exact) mass is 237 g/mol. The van der Waals surface area contributed by atoms with Gasteiger partial charge in [-0.3, -0.25) is 9.59 Å². The molecule has 1 atom stereocenters. The Bertz CT molecular complexity index is 338. The van der Waals surface area contributed by atoms with Crippen LogP contribution in [-0.4, -0.2) is 29.8 Å². The molecule has 17 heavy (non-hydrogen) atoms. The molecule has 0 saturated carbocycles. The molecule has 1 unspecified atom stereocenters. The summed E-state index contributed by atoms with van der Waals surface area (Å²) < 4.78 is 0. The number of carbonyl (C=O) groups excluding carboxylic acids is 2. The maximum Gasteiger partial charge on any atom is 0.240 e. The van der Waals surface area contributed by atoms with Gasteiger partial charge in [0.05, 0.1) is 6.07 Å². The first kappa shape index (κ1) is 13.5. The molecular weight excluding hydrogens is 218 g/mol. The normalized spacial score (nSPS) is 18.8. The number of piperidine rings is 1. The van der Waals surface area contributed by atoms with Gasteiger partial charge >= 0.3 is 0 Å². The summed E-state index contributed by atoms with van der Waals surface area (Å²) in [5, 5.41) is 8.97. The molecule has 1 aliphatic rings. The molecule has 0 aliphatic carbocycles. The summed E-state index contributed by atoms with van der Waals surface area (Å²) in [5.41, 5.74) is 5.23. The molecule has 94 valence electrons. The second kappa shape index (κ2) is 5.67. The standard InChI is InChI=1S/C12H19N3O2/c1-8(2)10(7-13)12(17)15-5-3-9(4-6-15)11(14)16/h8-10H,3-6H2,1-2H3,(H2,14,16). The lowest BCUT2D eigenvalue weighted by Crippen LogP contribution is -2.44. The van der Waals surface area contributed by atoms with Crippen LogP contribution in [0.15, 0.2) is 0 Å². The van der Waals surface area contributed by atoms with Crippen molar-refractivity contribution in [2.24, 2.45) is 23.5 Å². The highest BCUT2D eigenvalue weighted by molar-refractivity contribution is 5.82. The van der Waals surface area contributed by atoms with Gasteiger partial charge in [0.15, 0.2) is 0 Å². The van der Waals surface area contributed by atoms with Crippen molar-refractivity contribution in [3.8, 4) is 6.07 Å². The van der Waals surface area contributed by atoms with E-state index in [0.717, 1.165) is 0 Å². The first-order chi connectivity index (χ1) is 7.97. The molecular formula is C12H19N3O2. The number of amides is 2. The summed E-state index contributed by atoms with van der Waals surface area (Å²) in [6.45, 7) is 4.78. The second-order valence-electron chi connectivity index (χ2n) is 4.85. The smallest absolute Gasteiger partial charge is 0.240 e. The van der Waals surface area contributed by atoms with E-state index in [0.29, 0.717) is 25.9 Å². The summed E-state index contributed by atoms with van der Waals surface area (Å²) in [4.78, 5) is 24.7. The van der Waals surface area contributed by atoms with Crippen LogP contribution in [0.4, 0.5) is 0 Å². The first-order valence-electron chi connectivity index (χ1n) is 5.95. The predicted octanol–water partition coefficient (Wildman–Crippen LogP) is 0.506. The number of rotatable bonds is 3. The molecule has 2 amide bonds. The van der Waals surface area contributed by atoms with Crippen LogP contribution in [0.2, 0.25) is 0 Å². The lowest BCUT2D eigenvalue weighted by atomic mass is 9.92. The van der Waals surface area contributed by atoms with Gasteiger partial charge in [0, 0.05) is 19.0 Å². The van der Waals surface area contributed by atoms with Crippen LogP contribution in [0.3, 0.4) is 0 Å². The van der Waals surface area contributed by atoms with E-state index in [1.54, 1.807) is 4.90 Å². The minimum atomic E-state index is -0.583. The minimum absolute atomic E-state index is 0.0152. The van der Waals surface area contributed by atoms with Crippen molar-refractivity contribution in [3.63, 3.8) is 0 Å². The lowest BCUT2D eigenvalue weighted by molar-refractivity contribution is -0.138. The van der Waals surface area contributed by atoms with Gasteiger partial charge in [-0.1, -0.05) is 13.8 Å². The number of hydrogen-bond acceptors (Lipinski definition) is 3. The molecule has 0 radical (unpaired) electrons. The summed E-state index contributed by atoms with van der Waals surface area (Å²) in [7, 11) is 0. The number of likely N-dealkylation sites (tertiary alicyclic amines) is 1. The Morgan fingerprint density at radius 1 is 1.35 bits per heavy atom. The molecule has 1 saturated heterocycles. The van der Waals surface area contributed by atoms with Gasteiger partial charge < -0.3 is 10.6 Å². The predicted molar refractivity (Wildman–Crippen MR) is 62.4 cm³/mol. The van der Waals surface area contributed by atoms with Gasteiger partial charge in [-0.05, 0) is 18.8 Å². The third-order valence-electron chi connectivity index (χ3n) is 3.28. The van der Waals surface area contributed by atoms with Gasteiger partial charge in [-0.2, -0.15) is 5.26 Å². The van der Waals surface area contributed by atoms with Crippen molar-refractivity contribution in [2.45, 2.75) is 26.7 Å². The van der Waals surface area contributed by atoms with Crippen LogP contribution in [-0.2, 0) is 9.59 Å². The molecule has 2 N–H and O–H groups in total. The molecule has 1 aliphatic heterocycles. The summed E-state index contributed by atoms with van der Waals surface area (Å²) in [6.07, 6.45) is 1.22. The van der Waals surface area contributed by atoms with E-state index in [2.05, 4.69) is 0 Å². The van der Waals surface area contributed by atoms with Crippen LogP contribution in [0.25, 0.3) is 0 Å². The third kappa shape index (κ3) is 3.19. The molecule has 0 aromatic rings. The van der Waals surface area contributed by atoms with E-state index in [4.69, 9.17) is 11.0 Å². The van der Waals surface area contributed by atoms with Crippen molar-refractivity contribution in [1.29, 1.82) is 5.26 Å². The number of nitrogens with zero attached hydrogens (tertiary/aromatic N) is 2. The summed E-state index contributed by atoms with van der Waals surface area (Å²) >= 11 is 0. The van der Waals surface area contributed by atoms with Crippen molar-refractivity contribution in [1.82, 2.24) is 4.90 Å². The molecule has 1 fully saturated rings. The molecule has 5 heteroatoms. The number of hydrogen-bond donors (Lipinski definition) is 1. The molecule has 0 spiro atoms. The Kier molecular flexibility index (Phi) is 4.50. The van der Waals surface area contributed by atoms with E-state index >= 15 is 0 Å². The number of primary amides is 1. The van der Waals surface area contributed by atoms with E-state index < -0.39 is 5.92 Å². The zero-order valence-electron chi connectivity index (χ0n) is 10.3. The summed E-state index contributed by atoms with van der Waals surface area (Å²) in [6, 6.07) is 2.05. The fraction of sp³-hybridized carbons (Fsp3) is 0.750. The molecule has 0 aromatic heterocycles. The van der Waals surface area contributed by atoms with Crippen molar-refractivity contribution in [2.75, 3.05) is 13.1 Å². The van der Waals surface area contributed by atoms with E-state index in [-0.39, 0.29) is 23.7 Å². The Morgan fingerprint density at radius 3 is 2.24 bits per heavy atom. The highest BCUT2D eigenvalue weighted by atomic mass is 16.2. The van der Waals surface area contributed by atoms with Crippen molar-refractivity contribution < 1.29 is 9.59 Å². The first-order valence-corrected chi connectivity index (χ1v) is 5.95. The molecule has 1 rings (SSSR count). The van der Waals surface area contributed by atoms with Gasteiger partial charge in [-0.15, -0.1) is 0 Å². The number of nitriles is 1. The lowest BCUT2D eigenvalue weighted by Gasteiger charge is -2.32. The fourth-order valence-corrected chi connectivity index (χ4v) is 2.07. The van der Waals surface area contributed by atoms with Crippen molar-refractivity contribution in [3.05, 3.63) is 0 Å². The Morgan fingerprint density at radius 2 is 1.88 bits per heavy atom. The molecule has 5 nitrogen and oxygen atoms in total.